The van der Waals surface area contributed by atoms with Gasteiger partial charge in [-0.15, -0.1) is 0 Å². The van der Waals surface area contributed by atoms with Crippen LogP contribution in [0.4, 0.5) is 0 Å². The van der Waals surface area contributed by atoms with Gasteiger partial charge in [0, 0.05) is 12.6 Å². The molecule has 13 heavy (non-hydrogen) atoms. The van der Waals surface area contributed by atoms with E-state index in [4.69, 9.17) is 0 Å². The summed E-state index contributed by atoms with van der Waals surface area (Å²) in [5, 5.41) is 9.27. The zero-order chi connectivity index (χ0) is 10.4. The fourth-order valence-corrected chi connectivity index (χ4v) is 1.73. The van der Waals surface area contributed by atoms with Gasteiger partial charge in [0.25, 0.3) is 0 Å². The summed E-state index contributed by atoms with van der Waals surface area (Å²) < 4.78 is 0. The summed E-state index contributed by atoms with van der Waals surface area (Å²) in [4.78, 5) is 2.43. The smallest absolute Gasteiger partial charge is 0.0526 e. The maximum atomic E-state index is 9.27. The van der Waals surface area contributed by atoms with Crippen molar-refractivity contribution in [1.82, 2.24) is 4.90 Å². The number of hydrogen-bond donors (Lipinski definition) is 1. The van der Waals surface area contributed by atoms with Crippen LogP contribution in [0.25, 0.3) is 0 Å². The fraction of sp³-hybridized carbons (Fsp3) is 1.00. The Balaban J connectivity index is 3.91. The molecule has 0 aromatic rings. The summed E-state index contributed by atoms with van der Waals surface area (Å²) in [6.45, 7) is 12.9. The van der Waals surface area contributed by atoms with Crippen molar-refractivity contribution in [3.63, 3.8) is 0 Å². The molecular weight excluding hydrogens is 162 g/mol. The van der Waals surface area contributed by atoms with Crippen molar-refractivity contribution in [2.24, 2.45) is 5.92 Å². The van der Waals surface area contributed by atoms with Gasteiger partial charge in [-0.2, -0.15) is 0 Å². The first kappa shape index (κ1) is 12.9. The van der Waals surface area contributed by atoms with Crippen LogP contribution < -0.4 is 0 Å². The van der Waals surface area contributed by atoms with E-state index < -0.39 is 0 Å². The number of hydrogen-bond acceptors (Lipinski definition) is 2. The molecule has 0 saturated carbocycles. The molecule has 2 nitrogen and oxygen atoms in total. The first-order valence-electron chi connectivity index (χ1n) is 5.39. The molecule has 0 aliphatic carbocycles. The number of aliphatic hydroxyl groups is 1. The summed E-state index contributed by atoms with van der Waals surface area (Å²) in [5.74, 6) is 0.705. The Hall–Kier alpha value is -0.0800. The van der Waals surface area contributed by atoms with Gasteiger partial charge in [-0.05, 0) is 32.7 Å². The highest BCUT2D eigenvalue weighted by Gasteiger charge is 2.14. The molecule has 0 spiro atoms. The third-order valence-corrected chi connectivity index (χ3v) is 2.31. The molecule has 0 rings (SSSR count). The predicted molar refractivity (Wildman–Crippen MR) is 57.8 cm³/mol. The summed E-state index contributed by atoms with van der Waals surface area (Å²) in [5.41, 5.74) is 0. The Morgan fingerprint density at radius 3 is 2.00 bits per heavy atom. The van der Waals surface area contributed by atoms with Crippen LogP contribution in [0.2, 0.25) is 0 Å². The lowest BCUT2D eigenvalue weighted by Crippen LogP contribution is -2.37. The topological polar surface area (TPSA) is 23.5 Å². The van der Waals surface area contributed by atoms with E-state index in [0.29, 0.717) is 12.0 Å². The third-order valence-electron chi connectivity index (χ3n) is 2.31. The molecule has 0 amide bonds. The van der Waals surface area contributed by atoms with Gasteiger partial charge in [0.05, 0.1) is 6.10 Å². The molecule has 1 N–H and O–H groups in total. The highest BCUT2D eigenvalue weighted by Crippen LogP contribution is 2.09. The van der Waals surface area contributed by atoms with Crippen LogP contribution in [0.3, 0.4) is 0 Å². The lowest BCUT2D eigenvalue weighted by molar-refractivity contribution is 0.115. The molecule has 0 aromatic carbocycles. The summed E-state index contributed by atoms with van der Waals surface area (Å²) in [6.07, 6.45) is 0.691. The average molecular weight is 187 g/mol. The Morgan fingerprint density at radius 2 is 1.69 bits per heavy atom. The number of rotatable bonds is 6. The van der Waals surface area contributed by atoms with Crippen LogP contribution in [-0.2, 0) is 0 Å². The zero-order valence-electron chi connectivity index (χ0n) is 9.75. The molecule has 0 heterocycles. The second-order valence-corrected chi connectivity index (χ2v) is 4.42. The summed E-state index contributed by atoms with van der Waals surface area (Å²) in [7, 11) is 0. The molecule has 0 bridgehead atoms. The minimum absolute atomic E-state index is 0.184. The monoisotopic (exact) mass is 187 g/mol. The van der Waals surface area contributed by atoms with Crippen molar-refractivity contribution in [2.45, 2.75) is 53.2 Å². The number of nitrogens with zero attached hydrogens (tertiary/aromatic N) is 1. The first-order valence-corrected chi connectivity index (χ1v) is 5.39. The van der Waals surface area contributed by atoms with Crippen molar-refractivity contribution in [3.8, 4) is 0 Å². The summed E-state index contributed by atoms with van der Waals surface area (Å²) >= 11 is 0. The lowest BCUT2D eigenvalue weighted by atomic mass is 10.1. The Morgan fingerprint density at radius 1 is 1.15 bits per heavy atom. The molecule has 0 radical (unpaired) electrons. The van der Waals surface area contributed by atoms with Crippen LogP contribution in [-0.4, -0.2) is 35.2 Å². The van der Waals surface area contributed by atoms with Crippen molar-refractivity contribution in [2.75, 3.05) is 13.1 Å². The van der Waals surface area contributed by atoms with E-state index in [0.717, 1.165) is 19.5 Å². The van der Waals surface area contributed by atoms with Crippen LogP contribution in [0, 0.1) is 5.92 Å². The first-order chi connectivity index (χ1) is 5.97. The average Bonchev–Trinajstić information content (AvgIpc) is 1.98. The van der Waals surface area contributed by atoms with Gasteiger partial charge in [0.15, 0.2) is 0 Å². The van der Waals surface area contributed by atoms with Gasteiger partial charge in [-0.1, -0.05) is 20.8 Å². The van der Waals surface area contributed by atoms with Gasteiger partial charge < -0.3 is 10.0 Å². The molecule has 0 aliphatic heterocycles. The minimum atomic E-state index is -0.184. The molecule has 0 saturated heterocycles. The SMILES string of the molecule is CCN(CC(C)C)C(C)CC(C)O. The van der Waals surface area contributed by atoms with E-state index in [-0.39, 0.29) is 6.10 Å². The van der Waals surface area contributed by atoms with Gasteiger partial charge >= 0.3 is 0 Å². The van der Waals surface area contributed by atoms with Crippen molar-refractivity contribution in [3.05, 3.63) is 0 Å². The highest BCUT2D eigenvalue weighted by molar-refractivity contribution is 4.69. The normalized spacial score (nSPS) is 16.6. The maximum Gasteiger partial charge on any atom is 0.0526 e. The Kier molecular flexibility index (Phi) is 6.35. The molecule has 2 heteroatoms. The summed E-state index contributed by atoms with van der Waals surface area (Å²) in [6, 6.07) is 0.493. The Labute approximate surface area is 82.9 Å². The largest absolute Gasteiger partial charge is 0.393 e. The molecule has 0 fully saturated rings. The van der Waals surface area contributed by atoms with Crippen molar-refractivity contribution in [1.29, 1.82) is 0 Å². The molecule has 2 unspecified atom stereocenters. The lowest BCUT2D eigenvalue weighted by Gasteiger charge is -2.30. The van der Waals surface area contributed by atoms with Crippen LogP contribution >= 0.6 is 0 Å². The van der Waals surface area contributed by atoms with E-state index in [2.05, 4.69) is 32.6 Å². The van der Waals surface area contributed by atoms with E-state index in [1.54, 1.807) is 0 Å². The zero-order valence-corrected chi connectivity index (χ0v) is 9.75. The van der Waals surface area contributed by atoms with Gasteiger partial charge in [0.1, 0.15) is 0 Å². The van der Waals surface area contributed by atoms with Crippen LogP contribution in [0.5, 0.6) is 0 Å². The van der Waals surface area contributed by atoms with Crippen molar-refractivity contribution < 1.29 is 5.11 Å². The molecule has 0 aliphatic rings. The molecular formula is C11H25NO. The van der Waals surface area contributed by atoms with Crippen molar-refractivity contribution >= 4 is 0 Å². The quantitative estimate of drug-likeness (QED) is 0.688. The number of aliphatic hydroxyl groups excluding tert-OH is 1. The van der Waals surface area contributed by atoms with E-state index in [1.165, 1.54) is 0 Å². The Bertz CT molecular complexity index is 123. The van der Waals surface area contributed by atoms with Gasteiger partial charge in [-0.3, -0.25) is 0 Å². The van der Waals surface area contributed by atoms with Crippen LogP contribution in [0.15, 0.2) is 0 Å². The second-order valence-electron chi connectivity index (χ2n) is 4.42. The van der Waals surface area contributed by atoms with Gasteiger partial charge in [-0.25, -0.2) is 0 Å². The van der Waals surface area contributed by atoms with E-state index in [9.17, 15) is 5.11 Å². The molecule has 2 atom stereocenters. The maximum absolute atomic E-state index is 9.27. The van der Waals surface area contributed by atoms with E-state index >= 15 is 0 Å². The van der Waals surface area contributed by atoms with Crippen LogP contribution in [0.1, 0.15) is 41.0 Å². The van der Waals surface area contributed by atoms with Gasteiger partial charge in [0.2, 0.25) is 0 Å². The second kappa shape index (κ2) is 6.39. The molecule has 0 aromatic heterocycles. The standard InChI is InChI=1S/C11H25NO/c1-6-12(8-9(2)3)10(4)7-11(5)13/h9-11,13H,6-8H2,1-5H3. The minimum Gasteiger partial charge on any atom is -0.393 e. The molecule has 80 valence electrons. The third kappa shape index (κ3) is 6.05. The highest BCUT2D eigenvalue weighted by atomic mass is 16.3. The van der Waals surface area contributed by atoms with E-state index in [1.807, 2.05) is 6.92 Å². The predicted octanol–water partition coefficient (Wildman–Crippen LogP) is 2.12. The fourth-order valence-electron chi connectivity index (χ4n) is 1.73.